The van der Waals surface area contributed by atoms with Gasteiger partial charge in [0.1, 0.15) is 0 Å². The van der Waals surface area contributed by atoms with Gasteiger partial charge >= 0.3 is 0 Å². The SMILES string of the molecule is C=CC=C1/C(=C\C)c2c(ccc(=C)ccccc2=C)S12C(C=C)=C(N=CC)C(=C/C)/C2=C\C. The quantitative estimate of drug-likeness (QED) is 0.419. The van der Waals surface area contributed by atoms with Crippen LogP contribution >= 0.6 is 10.0 Å². The van der Waals surface area contributed by atoms with Crippen LogP contribution in [-0.4, -0.2) is 6.21 Å². The van der Waals surface area contributed by atoms with Gasteiger partial charge in [-0.1, -0.05) is 87.0 Å². The molecule has 1 nitrogen and oxygen atoms in total. The van der Waals surface area contributed by atoms with Gasteiger partial charge in [-0.2, -0.15) is 0 Å². The number of hydrogen-bond donors (Lipinski definition) is 0. The lowest BCUT2D eigenvalue weighted by Gasteiger charge is -2.37. The Kier molecular flexibility index (Phi) is 7.40. The summed E-state index contributed by atoms with van der Waals surface area (Å²) in [6, 6.07) is 12.5. The monoisotopic (exact) mass is 451 g/mol. The zero-order valence-corrected chi connectivity index (χ0v) is 21.0. The van der Waals surface area contributed by atoms with Crippen molar-refractivity contribution in [2.45, 2.75) is 32.6 Å². The van der Waals surface area contributed by atoms with Crippen LogP contribution in [0.15, 0.2) is 122 Å². The fourth-order valence-electron chi connectivity index (χ4n) is 4.71. The standard InChI is InChI=1S/C31H33NS/c1-9-17-28-24(10-2)30-23(8)19-16-15-18-22(7)20-21-29(30)33(28)26(12-4)25(11-3)31(32-14-6)27(33)13-5/h9-21H,1,5,7-8H2,2-4,6H3/b18-15?,19-16?,21-20?,24-10+,25-11+,26-12+,28-17?,32-14?. The van der Waals surface area contributed by atoms with Gasteiger partial charge in [0.15, 0.2) is 0 Å². The van der Waals surface area contributed by atoms with Gasteiger partial charge in [-0.15, -0.1) is 10.0 Å². The van der Waals surface area contributed by atoms with E-state index in [2.05, 4.69) is 89.6 Å². The summed E-state index contributed by atoms with van der Waals surface area (Å²) in [7, 11) is -1.83. The second kappa shape index (κ2) is 10.1. The van der Waals surface area contributed by atoms with E-state index in [4.69, 9.17) is 4.99 Å². The van der Waals surface area contributed by atoms with Gasteiger partial charge in [-0.25, -0.2) is 0 Å². The van der Waals surface area contributed by atoms with Crippen LogP contribution in [0.1, 0.15) is 33.3 Å². The molecular weight excluding hydrogens is 418 g/mol. The largest absolute Gasteiger partial charge is 0.260 e. The lowest BCUT2D eigenvalue weighted by molar-refractivity contribution is 1.33. The zero-order chi connectivity index (χ0) is 24.2. The van der Waals surface area contributed by atoms with Crippen molar-refractivity contribution >= 4 is 35.0 Å². The lowest BCUT2D eigenvalue weighted by Crippen LogP contribution is -2.04. The third-order valence-electron chi connectivity index (χ3n) is 5.90. The van der Waals surface area contributed by atoms with E-state index in [-0.39, 0.29) is 0 Å². The first kappa shape index (κ1) is 24.3. The molecule has 3 rings (SSSR count). The molecular formula is C31H33NS. The molecule has 1 atom stereocenters. The molecule has 2 aliphatic rings. The summed E-state index contributed by atoms with van der Waals surface area (Å²) in [6.45, 7) is 25.3. The van der Waals surface area contributed by atoms with Crippen LogP contribution in [0, 0.1) is 0 Å². The molecule has 1 aromatic carbocycles. The van der Waals surface area contributed by atoms with E-state index >= 15 is 0 Å². The number of aliphatic imine (C=N–C) groups is 1. The Balaban J connectivity index is 2.78. The van der Waals surface area contributed by atoms with Gasteiger partial charge in [0.05, 0.1) is 5.70 Å². The molecule has 2 aliphatic heterocycles. The molecule has 0 saturated heterocycles. The van der Waals surface area contributed by atoms with E-state index in [0.717, 1.165) is 32.2 Å². The van der Waals surface area contributed by atoms with Crippen LogP contribution in [0.25, 0.3) is 18.7 Å². The van der Waals surface area contributed by atoms with E-state index in [0.29, 0.717) is 0 Å². The first-order valence-corrected chi connectivity index (χ1v) is 12.8. The fraction of sp³-hybridized carbons (Fsp3) is 0.129. The molecule has 0 N–H and O–H groups in total. The Morgan fingerprint density at radius 2 is 1.52 bits per heavy atom. The number of allylic oxidation sites excluding steroid dienone is 8. The highest BCUT2D eigenvalue weighted by atomic mass is 32.3. The molecule has 1 aromatic rings. The smallest absolute Gasteiger partial charge is 0.0835 e. The predicted molar refractivity (Wildman–Crippen MR) is 151 cm³/mol. The Morgan fingerprint density at radius 3 is 2.09 bits per heavy atom. The van der Waals surface area contributed by atoms with Crippen molar-refractivity contribution in [3.8, 4) is 0 Å². The van der Waals surface area contributed by atoms with E-state index in [1.165, 1.54) is 20.3 Å². The summed E-state index contributed by atoms with van der Waals surface area (Å²) in [5, 5.41) is 1.92. The van der Waals surface area contributed by atoms with E-state index in [9.17, 15) is 0 Å². The van der Waals surface area contributed by atoms with Crippen LogP contribution in [0.5, 0.6) is 0 Å². The second-order valence-corrected chi connectivity index (χ2v) is 10.6. The molecule has 168 valence electrons. The van der Waals surface area contributed by atoms with Gasteiger partial charge < -0.3 is 0 Å². The van der Waals surface area contributed by atoms with Gasteiger partial charge in [-0.05, 0) is 55.8 Å². The van der Waals surface area contributed by atoms with Gasteiger partial charge in [0.2, 0.25) is 0 Å². The van der Waals surface area contributed by atoms with E-state index in [1.54, 1.807) is 0 Å². The van der Waals surface area contributed by atoms with Crippen molar-refractivity contribution in [2.24, 2.45) is 4.99 Å². The summed E-state index contributed by atoms with van der Waals surface area (Å²) in [4.78, 5) is 9.75. The lowest BCUT2D eigenvalue weighted by atomic mass is 10.0. The van der Waals surface area contributed by atoms with Crippen molar-refractivity contribution in [1.29, 1.82) is 0 Å². The normalized spacial score (nSPS) is 26.3. The molecule has 1 unspecified atom stereocenters. The molecule has 0 aliphatic carbocycles. The number of fused-ring (bicyclic) bond motifs is 2. The molecule has 0 saturated carbocycles. The van der Waals surface area contributed by atoms with Crippen molar-refractivity contribution in [2.75, 3.05) is 0 Å². The molecule has 0 aromatic heterocycles. The highest BCUT2D eigenvalue weighted by Gasteiger charge is 2.51. The van der Waals surface area contributed by atoms with Gasteiger partial charge in [0.25, 0.3) is 0 Å². The topological polar surface area (TPSA) is 12.4 Å². The highest BCUT2D eigenvalue weighted by molar-refractivity contribution is 8.44. The third kappa shape index (κ3) is 3.65. The van der Waals surface area contributed by atoms with Crippen LogP contribution in [-0.2, 0) is 0 Å². The molecule has 2 heteroatoms. The average Bonchev–Trinajstić information content (AvgIpc) is 3.24. The summed E-state index contributed by atoms with van der Waals surface area (Å²) in [5.74, 6) is 0. The van der Waals surface area contributed by atoms with Crippen LogP contribution in [0.4, 0.5) is 0 Å². The van der Waals surface area contributed by atoms with Gasteiger partial charge in [0, 0.05) is 37.0 Å². The Hall–Kier alpha value is -3.36. The minimum absolute atomic E-state index is 0.943. The van der Waals surface area contributed by atoms with Crippen LogP contribution in [0.2, 0.25) is 0 Å². The van der Waals surface area contributed by atoms with Crippen molar-refractivity contribution in [3.63, 3.8) is 0 Å². The Morgan fingerprint density at radius 1 is 0.818 bits per heavy atom. The van der Waals surface area contributed by atoms with Crippen LogP contribution in [0.3, 0.4) is 0 Å². The summed E-state index contributed by atoms with van der Waals surface area (Å²) >= 11 is 0. The summed E-state index contributed by atoms with van der Waals surface area (Å²) in [5.41, 5.74) is 4.49. The van der Waals surface area contributed by atoms with Crippen LogP contribution < -0.4 is 10.4 Å². The Labute approximate surface area is 200 Å². The highest BCUT2D eigenvalue weighted by Crippen LogP contribution is 2.84. The summed E-state index contributed by atoms with van der Waals surface area (Å²) < 4.78 is 0. The predicted octanol–water partition coefficient (Wildman–Crippen LogP) is 7.63. The molecule has 0 radical (unpaired) electrons. The number of nitrogens with zero attached hydrogens (tertiary/aromatic N) is 1. The first-order valence-electron chi connectivity index (χ1n) is 11.1. The zero-order valence-electron chi connectivity index (χ0n) is 20.2. The minimum atomic E-state index is -1.83. The third-order valence-corrected chi connectivity index (χ3v) is 10.0. The Bertz CT molecular complexity index is 1360. The minimum Gasteiger partial charge on any atom is -0.260 e. The number of rotatable bonds is 3. The average molecular weight is 452 g/mol. The first-order chi connectivity index (χ1) is 16.0. The molecule has 0 amide bonds. The fourth-order valence-corrected chi connectivity index (χ4v) is 9.41. The maximum absolute atomic E-state index is 4.85. The van der Waals surface area contributed by atoms with Crippen molar-refractivity contribution in [1.82, 2.24) is 0 Å². The van der Waals surface area contributed by atoms with E-state index < -0.39 is 10.0 Å². The van der Waals surface area contributed by atoms with Crippen molar-refractivity contribution < 1.29 is 0 Å². The summed E-state index contributed by atoms with van der Waals surface area (Å²) in [6.07, 6.45) is 14.5. The molecule has 0 fully saturated rings. The number of hydrogen-bond acceptors (Lipinski definition) is 1. The maximum Gasteiger partial charge on any atom is 0.0835 e. The molecule has 0 bridgehead atoms. The second-order valence-electron chi connectivity index (χ2n) is 7.63. The van der Waals surface area contributed by atoms with E-state index in [1.807, 2.05) is 43.5 Å². The van der Waals surface area contributed by atoms with Gasteiger partial charge in [-0.3, -0.25) is 4.99 Å². The molecule has 2 heterocycles. The molecule has 33 heavy (non-hydrogen) atoms. The molecule has 1 spiro atoms. The van der Waals surface area contributed by atoms with Crippen molar-refractivity contribution in [3.05, 3.63) is 128 Å². The maximum atomic E-state index is 4.85.